The van der Waals surface area contributed by atoms with E-state index in [0.29, 0.717) is 29.9 Å². The van der Waals surface area contributed by atoms with E-state index in [-0.39, 0.29) is 11.8 Å². The van der Waals surface area contributed by atoms with Crippen LogP contribution in [0.25, 0.3) is 5.69 Å². The predicted molar refractivity (Wildman–Crippen MR) is 107 cm³/mol. The highest BCUT2D eigenvalue weighted by Gasteiger charge is 2.12. The van der Waals surface area contributed by atoms with Gasteiger partial charge in [-0.2, -0.15) is 0 Å². The van der Waals surface area contributed by atoms with Gasteiger partial charge in [-0.25, -0.2) is 0 Å². The van der Waals surface area contributed by atoms with Gasteiger partial charge in [-0.1, -0.05) is 0 Å². The van der Waals surface area contributed by atoms with Crippen LogP contribution >= 0.6 is 0 Å². The number of amides is 2. The van der Waals surface area contributed by atoms with Crippen molar-refractivity contribution in [1.82, 2.24) is 9.47 Å². The molecule has 5 nitrogen and oxygen atoms in total. The standard InChI is InChI=1S/C22H23N3O2/c1-3-24(4-2)22(27)18-7-11-19(12-8-18)23-21(26)17-9-13-20(14-10-17)25-15-5-6-16-25/h5-16H,3-4H2,1-2H3,(H,23,26). The Balaban J connectivity index is 1.66. The summed E-state index contributed by atoms with van der Waals surface area (Å²) in [4.78, 5) is 26.5. The van der Waals surface area contributed by atoms with Crippen LogP contribution in [-0.4, -0.2) is 34.4 Å². The van der Waals surface area contributed by atoms with Crippen LogP contribution in [0, 0.1) is 0 Å². The molecule has 0 radical (unpaired) electrons. The summed E-state index contributed by atoms with van der Waals surface area (Å²) >= 11 is 0. The number of rotatable bonds is 6. The molecule has 0 fully saturated rings. The van der Waals surface area contributed by atoms with E-state index in [9.17, 15) is 9.59 Å². The van der Waals surface area contributed by atoms with Gasteiger partial charge in [-0.3, -0.25) is 9.59 Å². The fraction of sp³-hybridized carbons (Fsp3) is 0.182. The molecule has 27 heavy (non-hydrogen) atoms. The summed E-state index contributed by atoms with van der Waals surface area (Å²) in [5.74, 6) is -0.185. The van der Waals surface area contributed by atoms with Crippen molar-refractivity contribution < 1.29 is 9.59 Å². The lowest BCUT2D eigenvalue weighted by molar-refractivity contribution is 0.0773. The zero-order valence-corrected chi connectivity index (χ0v) is 15.6. The van der Waals surface area contributed by atoms with E-state index in [0.717, 1.165) is 5.69 Å². The van der Waals surface area contributed by atoms with Crippen molar-refractivity contribution in [2.45, 2.75) is 13.8 Å². The predicted octanol–water partition coefficient (Wildman–Crippen LogP) is 4.21. The van der Waals surface area contributed by atoms with Crippen LogP contribution in [0.5, 0.6) is 0 Å². The summed E-state index contributed by atoms with van der Waals surface area (Å²) < 4.78 is 1.98. The van der Waals surface area contributed by atoms with E-state index in [4.69, 9.17) is 0 Å². The van der Waals surface area contributed by atoms with Crippen molar-refractivity contribution in [1.29, 1.82) is 0 Å². The SMILES string of the molecule is CCN(CC)C(=O)c1ccc(NC(=O)c2ccc(-n3cccc3)cc2)cc1. The number of anilines is 1. The second-order valence-corrected chi connectivity index (χ2v) is 6.15. The molecule has 0 saturated carbocycles. The zero-order chi connectivity index (χ0) is 19.2. The van der Waals surface area contributed by atoms with Crippen LogP contribution in [-0.2, 0) is 0 Å². The van der Waals surface area contributed by atoms with E-state index in [1.165, 1.54) is 0 Å². The highest BCUT2D eigenvalue weighted by molar-refractivity contribution is 6.04. The molecule has 2 aromatic carbocycles. The first-order valence-electron chi connectivity index (χ1n) is 9.06. The van der Waals surface area contributed by atoms with Gasteiger partial charge in [-0.15, -0.1) is 0 Å². The Labute approximate surface area is 159 Å². The number of hydrogen-bond acceptors (Lipinski definition) is 2. The van der Waals surface area contributed by atoms with Gasteiger partial charge >= 0.3 is 0 Å². The second-order valence-electron chi connectivity index (χ2n) is 6.15. The normalized spacial score (nSPS) is 10.4. The molecule has 0 saturated heterocycles. The van der Waals surface area contributed by atoms with Crippen molar-refractivity contribution in [3.05, 3.63) is 84.2 Å². The highest BCUT2D eigenvalue weighted by Crippen LogP contribution is 2.15. The van der Waals surface area contributed by atoms with E-state index in [2.05, 4.69) is 5.32 Å². The smallest absolute Gasteiger partial charge is 0.255 e. The molecule has 5 heteroatoms. The van der Waals surface area contributed by atoms with Crippen molar-refractivity contribution in [2.75, 3.05) is 18.4 Å². The highest BCUT2D eigenvalue weighted by atomic mass is 16.2. The molecule has 138 valence electrons. The first-order valence-corrected chi connectivity index (χ1v) is 9.06. The maximum Gasteiger partial charge on any atom is 0.255 e. The lowest BCUT2D eigenvalue weighted by Crippen LogP contribution is -2.30. The minimum Gasteiger partial charge on any atom is -0.339 e. The Morgan fingerprint density at radius 1 is 0.852 bits per heavy atom. The number of benzene rings is 2. The molecule has 0 atom stereocenters. The van der Waals surface area contributed by atoms with Crippen LogP contribution in [0.15, 0.2) is 73.1 Å². The third kappa shape index (κ3) is 4.26. The Morgan fingerprint density at radius 3 is 1.96 bits per heavy atom. The Kier molecular flexibility index (Phi) is 5.71. The van der Waals surface area contributed by atoms with Gasteiger partial charge in [0.05, 0.1) is 0 Å². The van der Waals surface area contributed by atoms with E-state index < -0.39 is 0 Å². The van der Waals surface area contributed by atoms with Gasteiger partial charge in [0.15, 0.2) is 0 Å². The van der Waals surface area contributed by atoms with Crippen LogP contribution < -0.4 is 5.32 Å². The van der Waals surface area contributed by atoms with Gasteiger partial charge in [0, 0.05) is 48.0 Å². The molecule has 0 aliphatic heterocycles. The molecule has 0 aliphatic rings. The summed E-state index contributed by atoms with van der Waals surface area (Å²) in [5, 5.41) is 2.87. The largest absolute Gasteiger partial charge is 0.339 e. The number of nitrogens with one attached hydrogen (secondary N) is 1. The first-order chi connectivity index (χ1) is 13.1. The Morgan fingerprint density at radius 2 is 1.41 bits per heavy atom. The van der Waals surface area contributed by atoms with Crippen molar-refractivity contribution in [3.63, 3.8) is 0 Å². The summed E-state index contributed by atoms with van der Waals surface area (Å²) in [7, 11) is 0. The van der Waals surface area contributed by atoms with E-state index in [1.807, 2.05) is 55.1 Å². The third-order valence-electron chi connectivity index (χ3n) is 4.47. The van der Waals surface area contributed by atoms with Crippen molar-refractivity contribution in [2.24, 2.45) is 0 Å². The monoisotopic (exact) mass is 361 g/mol. The van der Waals surface area contributed by atoms with Gasteiger partial charge < -0.3 is 14.8 Å². The maximum atomic E-state index is 12.4. The number of aromatic nitrogens is 1. The fourth-order valence-corrected chi connectivity index (χ4v) is 2.88. The minimum atomic E-state index is -0.183. The Hall–Kier alpha value is -3.34. The van der Waals surface area contributed by atoms with Crippen LogP contribution in [0.1, 0.15) is 34.6 Å². The molecule has 1 aromatic heterocycles. The zero-order valence-electron chi connectivity index (χ0n) is 15.6. The minimum absolute atomic E-state index is 0.00141. The third-order valence-corrected chi connectivity index (χ3v) is 4.47. The molecular weight excluding hydrogens is 338 g/mol. The summed E-state index contributed by atoms with van der Waals surface area (Å²) in [5.41, 5.74) is 2.85. The quantitative estimate of drug-likeness (QED) is 0.715. The van der Waals surface area contributed by atoms with Crippen molar-refractivity contribution in [3.8, 4) is 5.69 Å². The van der Waals surface area contributed by atoms with Gasteiger partial charge in [-0.05, 0) is 74.5 Å². The van der Waals surface area contributed by atoms with E-state index in [1.54, 1.807) is 41.3 Å². The number of nitrogens with zero attached hydrogens (tertiary/aromatic N) is 2. The van der Waals surface area contributed by atoms with Crippen LogP contribution in [0.3, 0.4) is 0 Å². The van der Waals surface area contributed by atoms with Crippen LogP contribution in [0.2, 0.25) is 0 Å². The summed E-state index contributed by atoms with van der Waals surface area (Å²) in [6.07, 6.45) is 3.91. The summed E-state index contributed by atoms with van der Waals surface area (Å²) in [6.45, 7) is 5.26. The molecular formula is C22H23N3O2. The lowest BCUT2D eigenvalue weighted by atomic mass is 10.1. The van der Waals surface area contributed by atoms with Gasteiger partial charge in [0.1, 0.15) is 0 Å². The molecule has 0 bridgehead atoms. The molecule has 0 unspecified atom stereocenters. The average molecular weight is 361 g/mol. The fourth-order valence-electron chi connectivity index (χ4n) is 2.88. The van der Waals surface area contributed by atoms with Gasteiger partial charge in [0.2, 0.25) is 0 Å². The molecule has 3 aromatic rings. The van der Waals surface area contributed by atoms with Crippen LogP contribution in [0.4, 0.5) is 5.69 Å². The molecule has 2 amide bonds. The number of hydrogen-bond donors (Lipinski definition) is 1. The molecule has 0 aliphatic carbocycles. The lowest BCUT2D eigenvalue weighted by Gasteiger charge is -2.18. The number of carbonyl (C=O) groups is 2. The topological polar surface area (TPSA) is 54.3 Å². The summed E-state index contributed by atoms with van der Waals surface area (Å²) in [6, 6.07) is 18.3. The average Bonchev–Trinajstić information content (AvgIpc) is 3.24. The number of carbonyl (C=O) groups excluding carboxylic acids is 2. The van der Waals surface area contributed by atoms with Gasteiger partial charge in [0.25, 0.3) is 11.8 Å². The van der Waals surface area contributed by atoms with E-state index >= 15 is 0 Å². The first kappa shape index (κ1) is 18.5. The molecule has 3 rings (SSSR count). The Bertz CT molecular complexity index is 894. The van der Waals surface area contributed by atoms with Crippen molar-refractivity contribution >= 4 is 17.5 Å². The second kappa shape index (κ2) is 8.36. The molecule has 1 N–H and O–H groups in total. The molecule has 1 heterocycles. The molecule has 0 spiro atoms. The maximum absolute atomic E-state index is 12.4.